The second-order valence-corrected chi connectivity index (χ2v) is 9.80. The Labute approximate surface area is 232 Å². The van der Waals surface area contributed by atoms with Gasteiger partial charge in [-0.1, -0.05) is 54.6 Å². The van der Waals surface area contributed by atoms with Crippen LogP contribution < -0.4 is 10.1 Å². The summed E-state index contributed by atoms with van der Waals surface area (Å²) in [5.74, 6) is 0.246. The van der Waals surface area contributed by atoms with Gasteiger partial charge in [0.15, 0.2) is 0 Å². The highest BCUT2D eigenvalue weighted by Crippen LogP contribution is 2.29. The number of rotatable bonds is 11. The molecule has 1 amide bonds. The highest BCUT2D eigenvalue weighted by Gasteiger charge is 2.22. The summed E-state index contributed by atoms with van der Waals surface area (Å²) in [6, 6.07) is 25.2. The Kier molecular flexibility index (Phi) is 9.48. The van der Waals surface area contributed by atoms with Gasteiger partial charge in [-0.05, 0) is 84.0 Å². The van der Waals surface area contributed by atoms with Crippen LogP contribution in [-0.2, 0) is 4.79 Å². The van der Waals surface area contributed by atoms with Gasteiger partial charge in [-0.25, -0.2) is 4.79 Å². The lowest BCUT2D eigenvalue weighted by Gasteiger charge is -2.17. The molecular formula is C31H29N3O4S. The zero-order valence-electron chi connectivity index (χ0n) is 21.7. The highest BCUT2D eigenvalue weighted by atomic mass is 32.2. The lowest BCUT2D eigenvalue weighted by molar-refractivity contribution is -0.139. The summed E-state index contributed by atoms with van der Waals surface area (Å²) in [4.78, 5) is 25.0. The van der Waals surface area contributed by atoms with E-state index in [9.17, 15) is 14.7 Å². The van der Waals surface area contributed by atoms with Crippen LogP contribution in [0.15, 0.2) is 84.9 Å². The summed E-state index contributed by atoms with van der Waals surface area (Å²) in [7, 11) is 0. The number of carboxylic acids is 1. The summed E-state index contributed by atoms with van der Waals surface area (Å²) in [6.07, 6.45) is 5.98. The first-order valence-electron chi connectivity index (χ1n) is 12.4. The van der Waals surface area contributed by atoms with Crippen molar-refractivity contribution in [1.29, 1.82) is 0 Å². The molecule has 0 radical (unpaired) electrons. The van der Waals surface area contributed by atoms with Crippen molar-refractivity contribution in [2.45, 2.75) is 19.4 Å². The molecule has 0 fully saturated rings. The van der Waals surface area contributed by atoms with Crippen LogP contribution in [0.25, 0.3) is 23.3 Å². The van der Waals surface area contributed by atoms with E-state index >= 15 is 0 Å². The second-order valence-electron chi connectivity index (χ2n) is 8.81. The zero-order valence-corrected chi connectivity index (χ0v) is 22.5. The van der Waals surface area contributed by atoms with Gasteiger partial charge in [0, 0.05) is 11.6 Å². The molecule has 3 aromatic carbocycles. The van der Waals surface area contributed by atoms with Crippen LogP contribution in [0.5, 0.6) is 11.6 Å². The molecule has 2 N–H and O–H groups in total. The number of nitrogens with zero attached hydrogens (tertiary/aromatic N) is 2. The third kappa shape index (κ3) is 7.55. The fourth-order valence-corrected chi connectivity index (χ4v) is 4.43. The lowest BCUT2D eigenvalue weighted by atomic mass is 9.93. The quantitative estimate of drug-likeness (QED) is 0.229. The average molecular weight is 540 g/mol. The number of benzene rings is 3. The molecule has 0 spiro atoms. The average Bonchev–Trinajstić information content (AvgIpc) is 2.95. The maximum absolute atomic E-state index is 13.3. The van der Waals surface area contributed by atoms with Crippen LogP contribution in [0.4, 0.5) is 0 Å². The normalized spacial score (nSPS) is 11.7. The number of aryl methyl sites for hydroxylation is 1. The molecule has 0 aliphatic heterocycles. The van der Waals surface area contributed by atoms with E-state index in [2.05, 4.69) is 15.5 Å². The predicted octanol–water partition coefficient (Wildman–Crippen LogP) is 6.35. The van der Waals surface area contributed by atoms with E-state index in [1.165, 1.54) is 11.8 Å². The molecule has 198 valence electrons. The Balaban J connectivity index is 1.58. The molecule has 39 heavy (non-hydrogen) atoms. The Hall–Kier alpha value is -4.43. The number of hydrogen-bond acceptors (Lipinski definition) is 6. The number of aromatic nitrogens is 2. The fraction of sp³-hybridized carbons (Fsp3) is 0.161. The van der Waals surface area contributed by atoms with E-state index in [1.54, 1.807) is 12.1 Å². The molecule has 0 saturated carbocycles. The van der Waals surface area contributed by atoms with Crippen molar-refractivity contribution in [3.05, 3.63) is 107 Å². The molecule has 0 aliphatic rings. The van der Waals surface area contributed by atoms with Gasteiger partial charge in [-0.2, -0.15) is 11.8 Å². The van der Waals surface area contributed by atoms with E-state index < -0.39 is 17.9 Å². The molecule has 1 heterocycles. The van der Waals surface area contributed by atoms with Crippen molar-refractivity contribution in [3.8, 4) is 22.8 Å². The smallest absolute Gasteiger partial charge is 0.326 e. The van der Waals surface area contributed by atoms with Gasteiger partial charge in [-0.3, -0.25) is 4.79 Å². The van der Waals surface area contributed by atoms with E-state index in [0.29, 0.717) is 35.1 Å². The largest absolute Gasteiger partial charge is 0.480 e. The maximum Gasteiger partial charge on any atom is 0.326 e. The van der Waals surface area contributed by atoms with Crippen molar-refractivity contribution >= 4 is 35.8 Å². The summed E-state index contributed by atoms with van der Waals surface area (Å²) in [5.41, 5.74) is 4.54. The number of carbonyl (C=O) groups is 2. The van der Waals surface area contributed by atoms with Gasteiger partial charge >= 0.3 is 5.97 Å². The van der Waals surface area contributed by atoms with Crippen molar-refractivity contribution in [1.82, 2.24) is 15.5 Å². The number of carbonyl (C=O) groups excluding carboxylic acids is 1. The first-order chi connectivity index (χ1) is 18.9. The van der Waals surface area contributed by atoms with Crippen LogP contribution in [0.1, 0.15) is 33.6 Å². The standard InChI is InChI=1S/C31H29N3O4S/c1-21-8-6-7-11-25(21)27-20-22(13-16-26(27)30(35)32-28(31(36)37)18-19-39-2)12-14-23-15-17-29(34-33-23)38-24-9-4-3-5-10-24/h3-17,20,28H,18-19H2,1-2H3,(H,32,35)(H,36,37)/b14-12+/t28-/m0/s1. The van der Waals surface area contributed by atoms with Crippen LogP contribution in [0.3, 0.4) is 0 Å². The second kappa shape index (κ2) is 13.4. The number of ether oxygens (including phenoxy) is 1. The topological polar surface area (TPSA) is 101 Å². The number of para-hydroxylation sites is 1. The third-order valence-corrected chi connectivity index (χ3v) is 6.65. The summed E-state index contributed by atoms with van der Waals surface area (Å²) in [6.45, 7) is 1.98. The number of thioether (sulfide) groups is 1. The van der Waals surface area contributed by atoms with Crippen LogP contribution in [0, 0.1) is 6.92 Å². The molecule has 0 saturated heterocycles. The minimum atomic E-state index is -1.05. The number of aliphatic carboxylic acids is 1. The van der Waals surface area contributed by atoms with Crippen LogP contribution >= 0.6 is 11.8 Å². The van der Waals surface area contributed by atoms with Crippen LogP contribution in [-0.4, -0.2) is 45.2 Å². The monoisotopic (exact) mass is 539 g/mol. The van der Waals surface area contributed by atoms with Crippen molar-refractivity contribution in [2.75, 3.05) is 12.0 Å². The molecule has 8 heteroatoms. The summed E-state index contributed by atoms with van der Waals surface area (Å²) in [5, 5.41) is 20.6. The fourth-order valence-electron chi connectivity index (χ4n) is 3.96. The Morgan fingerprint density at radius 2 is 1.72 bits per heavy atom. The van der Waals surface area contributed by atoms with E-state index in [1.807, 2.05) is 98.1 Å². The molecule has 0 unspecified atom stereocenters. The van der Waals surface area contributed by atoms with Crippen LogP contribution in [0.2, 0.25) is 0 Å². The van der Waals surface area contributed by atoms with Gasteiger partial charge in [0.25, 0.3) is 5.91 Å². The van der Waals surface area contributed by atoms with Gasteiger partial charge in [0.2, 0.25) is 5.88 Å². The van der Waals surface area contributed by atoms with Gasteiger partial charge < -0.3 is 15.2 Å². The first kappa shape index (κ1) is 27.6. The first-order valence-corrected chi connectivity index (χ1v) is 13.8. The molecule has 0 aliphatic carbocycles. The van der Waals surface area contributed by atoms with Crippen molar-refractivity contribution in [3.63, 3.8) is 0 Å². The number of amides is 1. The molecule has 7 nitrogen and oxygen atoms in total. The Morgan fingerprint density at radius 3 is 2.41 bits per heavy atom. The number of nitrogens with one attached hydrogen (secondary N) is 1. The van der Waals surface area contributed by atoms with Gasteiger partial charge in [0.05, 0.1) is 5.69 Å². The van der Waals surface area contributed by atoms with Gasteiger partial charge in [0.1, 0.15) is 11.8 Å². The minimum absolute atomic E-state index is 0.346. The zero-order chi connectivity index (χ0) is 27.6. The molecule has 1 aromatic heterocycles. The Bertz CT molecular complexity index is 1460. The van der Waals surface area contributed by atoms with E-state index in [0.717, 1.165) is 22.3 Å². The molecule has 4 aromatic rings. The molecular weight excluding hydrogens is 510 g/mol. The Morgan fingerprint density at radius 1 is 0.949 bits per heavy atom. The third-order valence-electron chi connectivity index (χ3n) is 6.01. The molecule has 4 rings (SSSR count). The van der Waals surface area contributed by atoms with E-state index in [-0.39, 0.29) is 0 Å². The summed E-state index contributed by atoms with van der Waals surface area (Å²) < 4.78 is 5.70. The lowest BCUT2D eigenvalue weighted by Crippen LogP contribution is -2.41. The van der Waals surface area contributed by atoms with Crippen molar-refractivity contribution in [2.24, 2.45) is 0 Å². The molecule has 0 bridgehead atoms. The SMILES string of the molecule is CSCC[C@H](NC(=O)c1ccc(/C=C/c2ccc(Oc3ccccc3)nn2)cc1-c1ccccc1C)C(=O)O. The maximum atomic E-state index is 13.3. The number of hydrogen-bond donors (Lipinski definition) is 2. The number of carboxylic acid groups (broad SMARTS) is 1. The minimum Gasteiger partial charge on any atom is -0.480 e. The highest BCUT2D eigenvalue weighted by molar-refractivity contribution is 7.98. The van der Waals surface area contributed by atoms with Gasteiger partial charge in [-0.15, -0.1) is 10.2 Å². The predicted molar refractivity (Wildman–Crippen MR) is 156 cm³/mol. The summed E-state index contributed by atoms with van der Waals surface area (Å²) >= 11 is 1.54. The van der Waals surface area contributed by atoms with E-state index in [4.69, 9.17) is 4.74 Å². The molecule has 1 atom stereocenters. The van der Waals surface area contributed by atoms with Crippen molar-refractivity contribution < 1.29 is 19.4 Å².